The maximum Gasteiger partial charge on any atom is 0.257 e. The number of hydrogen-bond acceptors (Lipinski definition) is 6. The number of carbonyl (C=O) groups is 1. The van der Waals surface area contributed by atoms with Gasteiger partial charge in [0.2, 0.25) is 10.0 Å². The molecule has 0 saturated carbocycles. The maximum atomic E-state index is 13.1. The third-order valence-corrected chi connectivity index (χ3v) is 7.00. The van der Waals surface area contributed by atoms with Crippen molar-refractivity contribution in [2.45, 2.75) is 25.7 Å². The summed E-state index contributed by atoms with van der Waals surface area (Å²) >= 11 is 0. The molecule has 1 saturated heterocycles. The lowest BCUT2D eigenvalue weighted by molar-refractivity contribution is 0.0730. The second kappa shape index (κ2) is 9.55. The maximum absolute atomic E-state index is 13.1. The molecule has 0 radical (unpaired) electrons. The second-order valence-electron chi connectivity index (χ2n) is 7.01. The molecular weight excluding hydrogens is 404 g/mol. The molecule has 1 fully saturated rings. The van der Waals surface area contributed by atoms with E-state index in [0.29, 0.717) is 37.6 Å². The van der Waals surface area contributed by atoms with Crippen molar-refractivity contribution in [2.24, 2.45) is 0 Å². The third-order valence-electron chi connectivity index (χ3n) is 5.10. The Labute approximate surface area is 177 Å². The number of sulfonamides is 1. The van der Waals surface area contributed by atoms with E-state index in [-0.39, 0.29) is 10.8 Å². The Bertz CT molecular complexity index is 983. The molecule has 1 N–H and O–H groups in total. The van der Waals surface area contributed by atoms with E-state index in [1.165, 1.54) is 16.6 Å². The zero-order valence-electron chi connectivity index (χ0n) is 17.6. The number of hydrogen-bond donors (Lipinski definition) is 1. The van der Waals surface area contributed by atoms with E-state index in [1.807, 2.05) is 20.8 Å². The quantitative estimate of drug-likeness (QED) is 0.723. The summed E-state index contributed by atoms with van der Waals surface area (Å²) in [6, 6.07) is 8.35. The molecule has 162 valence electrons. The molecule has 0 spiro atoms. The second-order valence-corrected chi connectivity index (χ2v) is 8.95. The largest absolute Gasteiger partial charge is 0.379 e. The van der Waals surface area contributed by atoms with Crippen molar-refractivity contribution in [1.29, 1.82) is 0 Å². The van der Waals surface area contributed by atoms with Gasteiger partial charge in [0, 0.05) is 38.1 Å². The van der Waals surface area contributed by atoms with Gasteiger partial charge < -0.3 is 15.0 Å². The minimum absolute atomic E-state index is 0.151. The average Bonchev–Trinajstić information content (AvgIpc) is 2.76. The summed E-state index contributed by atoms with van der Waals surface area (Å²) in [5.41, 5.74) is 2.45. The van der Waals surface area contributed by atoms with Gasteiger partial charge in [0.15, 0.2) is 0 Å². The van der Waals surface area contributed by atoms with Gasteiger partial charge in [0.1, 0.15) is 0 Å². The summed E-state index contributed by atoms with van der Waals surface area (Å²) in [5, 5.41) is 2.88. The Morgan fingerprint density at radius 1 is 1.17 bits per heavy atom. The van der Waals surface area contributed by atoms with Crippen LogP contribution in [-0.4, -0.2) is 63.0 Å². The van der Waals surface area contributed by atoms with Gasteiger partial charge >= 0.3 is 0 Å². The van der Waals surface area contributed by atoms with Gasteiger partial charge in [-0.1, -0.05) is 0 Å². The molecule has 1 aliphatic heterocycles. The molecule has 1 amide bonds. The fourth-order valence-corrected chi connectivity index (χ4v) is 4.78. The van der Waals surface area contributed by atoms with Gasteiger partial charge in [-0.3, -0.25) is 9.78 Å². The van der Waals surface area contributed by atoms with Gasteiger partial charge in [-0.25, -0.2) is 8.42 Å². The van der Waals surface area contributed by atoms with E-state index in [2.05, 4.69) is 15.2 Å². The molecule has 1 aliphatic rings. The van der Waals surface area contributed by atoms with Crippen LogP contribution in [0.25, 0.3) is 0 Å². The molecule has 2 aromatic rings. The van der Waals surface area contributed by atoms with Crippen LogP contribution in [0.2, 0.25) is 0 Å². The fraction of sp³-hybridized carbons (Fsp3) is 0.429. The molecule has 9 heteroatoms. The monoisotopic (exact) mass is 432 g/mol. The molecule has 0 atom stereocenters. The highest BCUT2D eigenvalue weighted by Gasteiger charge is 2.27. The average molecular weight is 433 g/mol. The lowest BCUT2D eigenvalue weighted by Crippen LogP contribution is -2.40. The molecule has 0 unspecified atom stereocenters. The van der Waals surface area contributed by atoms with Crippen molar-refractivity contribution in [1.82, 2.24) is 9.29 Å². The van der Waals surface area contributed by atoms with Crippen molar-refractivity contribution < 1.29 is 17.9 Å². The number of aryl methyl sites for hydroxylation is 1. The van der Waals surface area contributed by atoms with Gasteiger partial charge in [-0.2, -0.15) is 4.31 Å². The number of carbonyl (C=O) groups excluding carboxylic acids is 1. The minimum atomic E-state index is -3.68. The molecule has 8 nitrogen and oxygen atoms in total. The number of benzene rings is 1. The summed E-state index contributed by atoms with van der Waals surface area (Å²) in [4.78, 5) is 19.2. The molecule has 0 bridgehead atoms. The Hall–Kier alpha value is -2.49. The third kappa shape index (κ3) is 4.80. The lowest BCUT2D eigenvalue weighted by Gasteiger charge is -2.28. The normalized spacial score (nSPS) is 15.0. The first-order chi connectivity index (χ1) is 14.4. The van der Waals surface area contributed by atoms with E-state index in [4.69, 9.17) is 4.74 Å². The van der Waals surface area contributed by atoms with Crippen LogP contribution in [0.5, 0.6) is 0 Å². The molecule has 1 aromatic carbocycles. The van der Waals surface area contributed by atoms with Crippen molar-refractivity contribution in [3.05, 3.63) is 47.8 Å². The number of nitrogens with one attached hydrogen (secondary N) is 1. The minimum Gasteiger partial charge on any atom is -0.379 e. The van der Waals surface area contributed by atoms with Crippen LogP contribution in [0.15, 0.2) is 41.4 Å². The number of nitrogens with zero attached hydrogens (tertiary/aromatic N) is 3. The summed E-state index contributed by atoms with van der Waals surface area (Å²) in [6.45, 7) is 8.70. The van der Waals surface area contributed by atoms with Crippen molar-refractivity contribution in [3.63, 3.8) is 0 Å². The predicted octanol–water partition coefficient (Wildman–Crippen LogP) is 2.51. The fourth-order valence-electron chi connectivity index (χ4n) is 3.35. The van der Waals surface area contributed by atoms with Gasteiger partial charge in [-0.05, 0) is 51.1 Å². The van der Waals surface area contributed by atoms with Gasteiger partial charge in [-0.15, -0.1) is 0 Å². The van der Waals surface area contributed by atoms with Crippen LogP contribution < -0.4 is 10.2 Å². The molecule has 2 heterocycles. The zero-order valence-corrected chi connectivity index (χ0v) is 18.4. The van der Waals surface area contributed by atoms with E-state index in [1.54, 1.807) is 24.3 Å². The number of ether oxygens (including phenoxy) is 1. The summed E-state index contributed by atoms with van der Waals surface area (Å²) < 4.78 is 32.9. The van der Waals surface area contributed by atoms with Crippen LogP contribution in [0, 0.1) is 6.92 Å². The predicted molar refractivity (Wildman–Crippen MR) is 117 cm³/mol. The van der Waals surface area contributed by atoms with Crippen LogP contribution in [0.4, 0.5) is 11.4 Å². The highest BCUT2D eigenvalue weighted by atomic mass is 32.2. The van der Waals surface area contributed by atoms with E-state index in [0.717, 1.165) is 24.5 Å². The van der Waals surface area contributed by atoms with Crippen LogP contribution >= 0.6 is 0 Å². The molecule has 0 aliphatic carbocycles. The molecule has 30 heavy (non-hydrogen) atoms. The first-order valence-electron chi connectivity index (χ1n) is 10.1. The summed E-state index contributed by atoms with van der Waals surface area (Å²) in [5.74, 6) is -0.336. The number of anilines is 2. The Kier molecular flexibility index (Phi) is 7.06. The Balaban J connectivity index is 1.98. The number of pyridine rings is 1. The van der Waals surface area contributed by atoms with Crippen LogP contribution in [0.3, 0.4) is 0 Å². The highest BCUT2D eigenvalue weighted by molar-refractivity contribution is 7.89. The highest BCUT2D eigenvalue weighted by Crippen LogP contribution is 2.31. The van der Waals surface area contributed by atoms with Crippen molar-refractivity contribution in [3.8, 4) is 0 Å². The van der Waals surface area contributed by atoms with Crippen LogP contribution in [-0.2, 0) is 14.8 Å². The number of rotatable bonds is 7. The Morgan fingerprint density at radius 2 is 1.87 bits per heavy atom. The topological polar surface area (TPSA) is 91.8 Å². The number of amides is 1. The number of morpholine rings is 1. The first-order valence-corrected chi connectivity index (χ1v) is 11.5. The Morgan fingerprint density at radius 3 is 2.47 bits per heavy atom. The lowest BCUT2D eigenvalue weighted by atomic mass is 10.2. The molecule has 3 rings (SSSR count). The first kappa shape index (κ1) is 22.2. The van der Waals surface area contributed by atoms with Crippen molar-refractivity contribution >= 4 is 27.3 Å². The standard InChI is InChI=1S/C21H28N4O4S/c1-4-24(5-2)20-9-8-18(30(27,28)25-10-12-29-13-11-25)14-19(20)23-21(26)17-7-6-16(3)22-15-17/h6-9,14-15H,4-5,10-13H2,1-3H3,(H,23,26). The van der Waals surface area contributed by atoms with Crippen LogP contribution in [0.1, 0.15) is 29.9 Å². The zero-order chi connectivity index (χ0) is 21.7. The number of aromatic nitrogens is 1. The van der Waals surface area contributed by atoms with Gasteiger partial charge in [0.05, 0.1) is 35.0 Å². The molecular formula is C21H28N4O4S. The summed E-state index contributed by atoms with van der Waals surface area (Å²) in [6.07, 6.45) is 1.51. The van der Waals surface area contributed by atoms with E-state index >= 15 is 0 Å². The smallest absolute Gasteiger partial charge is 0.257 e. The summed E-state index contributed by atoms with van der Waals surface area (Å²) in [7, 11) is -3.68. The molecule has 1 aromatic heterocycles. The van der Waals surface area contributed by atoms with E-state index < -0.39 is 10.0 Å². The SMILES string of the molecule is CCN(CC)c1ccc(S(=O)(=O)N2CCOCC2)cc1NC(=O)c1ccc(C)nc1. The van der Waals surface area contributed by atoms with Crippen molar-refractivity contribution in [2.75, 3.05) is 49.6 Å². The van der Waals surface area contributed by atoms with Gasteiger partial charge in [0.25, 0.3) is 5.91 Å². The van der Waals surface area contributed by atoms with E-state index in [9.17, 15) is 13.2 Å².